The second kappa shape index (κ2) is 10.7. The predicted molar refractivity (Wildman–Crippen MR) is 201 cm³/mol. The van der Waals surface area contributed by atoms with Crippen LogP contribution in [0.5, 0.6) is 0 Å². The van der Waals surface area contributed by atoms with E-state index in [2.05, 4.69) is 145 Å². The van der Waals surface area contributed by atoms with Crippen molar-refractivity contribution in [3.63, 3.8) is 0 Å². The Hall–Kier alpha value is -6.19. The van der Waals surface area contributed by atoms with Crippen molar-refractivity contribution in [1.29, 1.82) is 0 Å². The van der Waals surface area contributed by atoms with Gasteiger partial charge in [0.1, 0.15) is 0 Å². The quantitative estimate of drug-likeness (QED) is 0.187. The van der Waals surface area contributed by atoms with Gasteiger partial charge >= 0.3 is 0 Å². The van der Waals surface area contributed by atoms with E-state index in [-0.39, 0.29) is 0 Å². The number of allylic oxidation sites excluding steroid dienone is 1. The van der Waals surface area contributed by atoms with Crippen molar-refractivity contribution in [2.45, 2.75) is 12.8 Å². The van der Waals surface area contributed by atoms with Crippen molar-refractivity contribution in [1.82, 2.24) is 15.0 Å². The molecule has 0 N–H and O–H groups in total. The lowest BCUT2D eigenvalue weighted by Gasteiger charge is -2.20. The lowest BCUT2D eigenvalue weighted by molar-refractivity contribution is 0.996. The van der Waals surface area contributed by atoms with Crippen LogP contribution < -0.4 is 0 Å². The summed E-state index contributed by atoms with van der Waals surface area (Å²) < 4.78 is 0. The first-order valence-corrected chi connectivity index (χ1v) is 16.6. The number of hydrogen-bond acceptors (Lipinski definition) is 3. The molecule has 0 saturated heterocycles. The molecule has 0 aliphatic heterocycles. The Kier molecular flexibility index (Phi) is 6.00. The Morgan fingerprint density at radius 1 is 0.458 bits per heavy atom. The van der Waals surface area contributed by atoms with Crippen molar-refractivity contribution in [2.24, 2.45) is 0 Å². The number of hydrogen-bond donors (Lipinski definition) is 0. The molecule has 48 heavy (non-hydrogen) atoms. The number of aromatic nitrogens is 3. The molecule has 0 radical (unpaired) electrons. The van der Waals surface area contributed by atoms with E-state index in [4.69, 9.17) is 9.97 Å². The molecule has 0 atom stereocenters. The third-order valence-electron chi connectivity index (χ3n) is 9.96. The molecule has 0 fully saturated rings. The van der Waals surface area contributed by atoms with Crippen molar-refractivity contribution in [3.05, 3.63) is 157 Å². The van der Waals surface area contributed by atoms with Crippen LogP contribution in [-0.2, 0) is 6.42 Å². The highest BCUT2D eigenvalue weighted by molar-refractivity contribution is 6.23. The summed E-state index contributed by atoms with van der Waals surface area (Å²) in [5.74, 6) is 0. The monoisotopic (exact) mass is 611 g/mol. The number of aryl methyl sites for hydroxylation is 1. The summed E-state index contributed by atoms with van der Waals surface area (Å²) in [4.78, 5) is 15.1. The van der Waals surface area contributed by atoms with E-state index >= 15 is 0 Å². The number of pyridine rings is 3. The second-order valence-electron chi connectivity index (χ2n) is 12.7. The molecule has 3 heteroatoms. The van der Waals surface area contributed by atoms with Gasteiger partial charge in [0, 0.05) is 38.9 Å². The van der Waals surface area contributed by atoms with E-state index in [1.807, 2.05) is 12.3 Å². The molecule has 0 unspecified atom stereocenters. The molecule has 0 saturated carbocycles. The summed E-state index contributed by atoms with van der Waals surface area (Å²) in [6.07, 6.45) is 8.48. The molecule has 6 aromatic carbocycles. The largest absolute Gasteiger partial charge is 0.254 e. The Bertz CT molecular complexity index is 2760. The van der Waals surface area contributed by atoms with Gasteiger partial charge in [-0.1, -0.05) is 133 Å². The molecule has 3 nitrogen and oxygen atoms in total. The highest BCUT2D eigenvalue weighted by Gasteiger charge is 2.20. The molecule has 9 aromatic rings. The van der Waals surface area contributed by atoms with Crippen LogP contribution in [0.3, 0.4) is 0 Å². The van der Waals surface area contributed by atoms with Gasteiger partial charge in [-0.15, -0.1) is 0 Å². The zero-order valence-electron chi connectivity index (χ0n) is 26.2. The molecule has 3 heterocycles. The smallest absolute Gasteiger partial charge is 0.0972 e. The highest BCUT2D eigenvalue weighted by atomic mass is 14.8. The number of rotatable bonds is 3. The first-order valence-electron chi connectivity index (χ1n) is 16.6. The standard InChI is InChI=1S/C45H29N3/c1-3-11-36-34(9-1)35-10-2-5-13-38(35)45-41(36)37-12-4-6-14-39(37)42(48-45)32-21-17-29(18-22-32)28-15-19-30(20-16-28)40-26-25-33-24-23-31-8-7-27-46-43(31)44(33)47-40/h1-4,6-12,14-27H,5,13H2. The fourth-order valence-corrected chi connectivity index (χ4v) is 7.61. The van der Waals surface area contributed by atoms with E-state index < -0.39 is 0 Å². The molecule has 0 bridgehead atoms. The highest BCUT2D eigenvalue weighted by Crippen LogP contribution is 2.42. The molecule has 0 amide bonds. The molecule has 224 valence electrons. The van der Waals surface area contributed by atoms with Crippen LogP contribution in [0.4, 0.5) is 0 Å². The van der Waals surface area contributed by atoms with Gasteiger partial charge in [0.25, 0.3) is 0 Å². The third-order valence-corrected chi connectivity index (χ3v) is 9.96. The Balaban J connectivity index is 1.05. The first kappa shape index (κ1) is 27.0. The summed E-state index contributed by atoms with van der Waals surface area (Å²) in [5, 5.41) is 8.50. The number of nitrogens with zero attached hydrogens (tertiary/aromatic N) is 3. The van der Waals surface area contributed by atoms with Crippen LogP contribution in [0, 0.1) is 0 Å². The van der Waals surface area contributed by atoms with Crippen molar-refractivity contribution in [3.8, 4) is 33.6 Å². The average molecular weight is 612 g/mol. The minimum Gasteiger partial charge on any atom is -0.254 e. The first-order chi connectivity index (χ1) is 23.8. The normalized spacial score (nSPS) is 12.8. The van der Waals surface area contributed by atoms with Gasteiger partial charge in [-0.2, -0.15) is 0 Å². The predicted octanol–water partition coefficient (Wildman–Crippen LogP) is 11.6. The van der Waals surface area contributed by atoms with Crippen LogP contribution in [0.15, 0.2) is 146 Å². The lowest BCUT2D eigenvalue weighted by atomic mass is 9.86. The van der Waals surface area contributed by atoms with E-state index in [1.165, 1.54) is 49.2 Å². The molecule has 0 spiro atoms. The lowest BCUT2D eigenvalue weighted by Crippen LogP contribution is -2.01. The van der Waals surface area contributed by atoms with Crippen LogP contribution in [0.2, 0.25) is 0 Å². The fraction of sp³-hybridized carbons (Fsp3) is 0.0444. The van der Waals surface area contributed by atoms with E-state index in [9.17, 15) is 0 Å². The van der Waals surface area contributed by atoms with Crippen LogP contribution in [0.1, 0.15) is 17.5 Å². The summed E-state index contributed by atoms with van der Waals surface area (Å²) in [5.41, 5.74) is 12.2. The van der Waals surface area contributed by atoms with Crippen molar-refractivity contribution in [2.75, 3.05) is 0 Å². The van der Waals surface area contributed by atoms with Gasteiger partial charge in [0.2, 0.25) is 0 Å². The second-order valence-corrected chi connectivity index (χ2v) is 12.7. The van der Waals surface area contributed by atoms with E-state index in [0.29, 0.717) is 0 Å². The zero-order valence-corrected chi connectivity index (χ0v) is 26.2. The van der Waals surface area contributed by atoms with Crippen LogP contribution in [-0.4, -0.2) is 15.0 Å². The van der Waals surface area contributed by atoms with Gasteiger partial charge in [-0.3, -0.25) is 4.98 Å². The third kappa shape index (κ3) is 4.18. The van der Waals surface area contributed by atoms with Gasteiger partial charge in [0.05, 0.1) is 27.9 Å². The summed E-state index contributed by atoms with van der Waals surface area (Å²) in [6, 6.07) is 47.7. The number of fused-ring (bicyclic) bond motifs is 11. The SMILES string of the molecule is C1=Cc2c(c3nc(-c4ccc(-c5ccc(-c6ccc7ccc8cccnc8c7n6)cc5)cc4)c4ccccc4c3c3ccccc23)CC1. The van der Waals surface area contributed by atoms with Crippen LogP contribution >= 0.6 is 0 Å². The maximum Gasteiger partial charge on any atom is 0.0972 e. The van der Waals surface area contributed by atoms with Gasteiger partial charge in [-0.25, -0.2) is 9.97 Å². The van der Waals surface area contributed by atoms with Crippen molar-refractivity contribution < 1.29 is 0 Å². The average Bonchev–Trinajstić information content (AvgIpc) is 3.17. The summed E-state index contributed by atoms with van der Waals surface area (Å²) in [7, 11) is 0. The molecule has 1 aliphatic rings. The molecular formula is C45H29N3. The molecule has 10 rings (SSSR count). The maximum atomic E-state index is 5.48. The van der Waals surface area contributed by atoms with E-state index in [0.717, 1.165) is 62.7 Å². The van der Waals surface area contributed by atoms with Crippen LogP contribution in [0.25, 0.3) is 94.0 Å². The number of benzene rings is 6. The maximum absolute atomic E-state index is 5.48. The Morgan fingerprint density at radius 3 is 1.85 bits per heavy atom. The zero-order chi connectivity index (χ0) is 31.6. The molecule has 1 aliphatic carbocycles. The van der Waals surface area contributed by atoms with Crippen molar-refractivity contribution >= 4 is 60.3 Å². The minimum atomic E-state index is 0.935. The summed E-state index contributed by atoms with van der Waals surface area (Å²) >= 11 is 0. The Morgan fingerprint density at radius 2 is 1.08 bits per heavy atom. The minimum absolute atomic E-state index is 0.935. The van der Waals surface area contributed by atoms with Gasteiger partial charge in [-0.05, 0) is 63.4 Å². The summed E-state index contributed by atoms with van der Waals surface area (Å²) in [6.45, 7) is 0. The van der Waals surface area contributed by atoms with E-state index in [1.54, 1.807) is 0 Å². The fourth-order valence-electron chi connectivity index (χ4n) is 7.61. The topological polar surface area (TPSA) is 38.7 Å². The molecular weight excluding hydrogens is 583 g/mol. The van der Waals surface area contributed by atoms with Gasteiger partial charge < -0.3 is 0 Å². The van der Waals surface area contributed by atoms with Gasteiger partial charge in [0.15, 0.2) is 0 Å². The molecule has 3 aromatic heterocycles. The Labute approximate surface area is 277 Å².